The summed E-state index contributed by atoms with van der Waals surface area (Å²) in [6.45, 7) is 33.9. The van der Waals surface area contributed by atoms with Crippen molar-refractivity contribution in [3.8, 4) is 17.2 Å². The van der Waals surface area contributed by atoms with Crippen molar-refractivity contribution >= 4 is 30.1 Å². The van der Waals surface area contributed by atoms with E-state index in [0.29, 0.717) is 5.75 Å². The molecule has 0 aromatic heterocycles. The first-order valence-corrected chi connectivity index (χ1v) is 19.1. The van der Waals surface area contributed by atoms with Crippen LogP contribution in [0.5, 0.6) is 17.2 Å². The summed E-state index contributed by atoms with van der Waals surface area (Å²) in [5, 5.41) is 4.69. The molecule has 0 aliphatic heterocycles. The van der Waals surface area contributed by atoms with E-state index in [2.05, 4.69) is 183 Å². The SMILES string of the molecule is CC(C)(C)c1ccc(OP(Oc2ccc3ccccc3c2)Oc2cc3c(C(C)(C)C)cc(C(C)(C)C)cc3cc2C(C)(C)C)c(C(C)(C)C)c1. The van der Waals surface area contributed by atoms with Crippen LogP contribution in [0.1, 0.15) is 132 Å². The molecule has 0 bridgehead atoms. The summed E-state index contributed by atoms with van der Waals surface area (Å²) in [5.41, 5.74) is 5.75. The Morgan fingerprint density at radius 1 is 0.380 bits per heavy atom. The van der Waals surface area contributed by atoms with Gasteiger partial charge in [0.1, 0.15) is 17.2 Å². The summed E-state index contributed by atoms with van der Waals surface area (Å²) in [5.74, 6) is 2.27. The van der Waals surface area contributed by atoms with Crippen molar-refractivity contribution < 1.29 is 13.6 Å². The molecule has 0 aliphatic rings. The normalized spacial score (nSPS) is 13.8. The van der Waals surface area contributed by atoms with Crippen molar-refractivity contribution in [3.05, 3.63) is 113 Å². The van der Waals surface area contributed by atoms with E-state index >= 15 is 0 Å². The van der Waals surface area contributed by atoms with E-state index in [1.807, 2.05) is 6.07 Å². The van der Waals surface area contributed by atoms with E-state index in [9.17, 15) is 0 Å². The minimum Gasteiger partial charge on any atom is -0.408 e. The van der Waals surface area contributed by atoms with Crippen LogP contribution in [-0.2, 0) is 27.1 Å². The van der Waals surface area contributed by atoms with Gasteiger partial charge in [-0.25, -0.2) is 0 Å². The van der Waals surface area contributed by atoms with Crippen molar-refractivity contribution in [1.82, 2.24) is 0 Å². The average molecular weight is 691 g/mol. The van der Waals surface area contributed by atoms with Crippen molar-refractivity contribution in [2.45, 2.75) is 131 Å². The Labute approximate surface area is 303 Å². The highest BCUT2D eigenvalue weighted by Gasteiger charge is 2.31. The predicted octanol–water partition coefficient (Wildman–Crippen LogP) is 14.2. The first kappa shape index (κ1) is 37.7. The third-order valence-electron chi connectivity index (χ3n) is 9.44. The van der Waals surface area contributed by atoms with Crippen LogP contribution in [0, 0.1) is 0 Å². The van der Waals surface area contributed by atoms with Crippen LogP contribution in [0.3, 0.4) is 0 Å². The maximum atomic E-state index is 7.05. The predicted molar refractivity (Wildman–Crippen MR) is 217 cm³/mol. The van der Waals surface area contributed by atoms with Crippen LogP contribution in [-0.4, -0.2) is 0 Å². The quantitative estimate of drug-likeness (QED) is 0.166. The van der Waals surface area contributed by atoms with Gasteiger partial charge in [-0.15, -0.1) is 0 Å². The zero-order valence-electron chi connectivity index (χ0n) is 33.3. The van der Waals surface area contributed by atoms with Gasteiger partial charge in [-0.05, 0) is 95.6 Å². The molecule has 0 radical (unpaired) electrons. The van der Waals surface area contributed by atoms with Crippen LogP contribution in [0.2, 0.25) is 0 Å². The molecule has 0 spiro atoms. The summed E-state index contributed by atoms with van der Waals surface area (Å²) in [7, 11) is -1.93. The number of benzene rings is 5. The Hall–Kier alpha value is -3.55. The van der Waals surface area contributed by atoms with Crippen LogP contribution < -0.4 is 13.6 Å². The lowest BCUT2D eigenvalue weighted by Crippen LogP contribution is -2.19. The molecule has 3 nitrogen and oxygen atoms in total. The summed E-state index contributed by atoms with van der Waals surface area (Å²) in [6.07, 6.45) is 0. The maximum Gasteiger partial charge on any atom is 0.530 e. The summed E-state index contributed by atoms with van der Waals surface area (Å²) < 4.78 is 20.7. The van der Waals surface area contributed by atoms with Crippen LogP contribution in [0.4, 0.5) is 0 Å². The second kappa shape index (κ2) is 13.2. The van der Waals surface area contributed by atoms with Crippen molar-refractivity contribution in [3.63, 3.8) is 0 Å². The second-order valence-electron chi connectivity index (χ2n) is 19.1. The molecule has 50 heavy (non-hydrogen) atoms. The number of rotatable bonds is 6. The Kier molecular flexibility index (Phi) is 9.96. The molecule has 0 N–H and O–H groups in total. The van der Waals surface area contributed by atoms with Gasteiger partial charge in [-0.2, -0.15) is 0 Å². The lowest BCUT2D eigenvalue weighted by Gasteiger charge is -2.30. The van der Waals surface area contributed by atoms with Gasteiger partial charge in [0.25, 0.3) is 0 Å². The molecule has 5 aromatic rings. The fraction of sp³-hybridized carbons (Fsp3) is 0.435. The molecule has 0 aliphatic carbocycles. The van der Waals surface area contributed by atoms with Crippen LogP contribution >= 0.6 is 8.60 Å². The van der Waals surface area contributed by atoms with Gasteiger partial charge in [0.2, 0.25) is 0 Å². The fourth-order valence-corrected chi connectivity index (χ4v) is 7.32. The molecule has 1 atom stereocenters. The van der Waals surface area contributed by atoms with Crippen molar-refractivity contribution in [2.24, 2.45) is 0 Å². The molecule has 1 unspecified atom stereocenters. The lowest BCUT2D eigenvalue weighted by atomic mass is 9.76. The highest BCUT2D eigenvalue weighted by Crippen LogP contribution is 2.50. The minimum atomic E-state index is -1.93. The van der Waals surface area contributed by atoms with E-state index in [1.165, 1.54) is 27.5 Å². The number of hydrogen-bond donors (Lipinski definition) is 0. The van der Waals surface area contributed by atoms with Crippen molar-refractivity contribution in [1.29, 1.82) is 0 Å². The third-order valence-corrected chi connectivity index (χ3v) is 10.5. The first-order chi connectivity index (χ1) is 22.9. The third kappa shape index (κ3) is 8.48. The van der Waals surface area contributed by atoms with E-state index in [0.717, 1.165) is 33.4 Å². The Balaban J connectivity index is 1.70. The van der Waals surface area contributed by atoms with E-state index < -0.39 is 8.60 Å². The topological polar surface area (TPSA) is 27.7 Å². The Morgan fingerprint density at radius 2 is 0.920 bits per heavy atom. The average Bonchev–Trinajstić information content (AvgIpc) is 2.97. The maximum absolute atomic E-state index is 7.05. The van der Waals surface area contributed by atoms with E-state index in [1.54, 1.807) is 0 Å². The molecule has 5 aromatic carbocycles. The fourth-order valence-electron chi connectivity index (χ4n) is 6.30. The first-order valence-electron chi connectivity index (χ1n) is 18.0. The van der Waals surface area contributed by atoms with Crippen molar-refractivity contribution in [2.75, 3.05) is 0 Å². The molecule has 266 valence electrons. The number of hydrogen-bond acceptors (Lipinski definition) is 3. The van der Waals surface area contributed by atoms with Gasteiger partial charge in [-0.3, -0.25) is 0 Å². The smallest absolute Gasteiger partial charge is 0.408 e. The van der Waals surface area contributed by atoms with Gasteiger partial charge in [0, 0.05) is 11.1 Å². The standard InChI is InChI=1S/C46H59O3P/c1-42(2,3)33-21-23-40(39(27-33)46(13,14)15)48-50(47-35-22-20-30-18-16-17-19-31(30)25-35)49-41-29-36-32(26-38(41)45(10,11)12)24-34(43(4,5)6)28-37(36)44(7,8)9/h16-29H,1-15H3. The molecule has 0 saturated carbocycles. The minimum absolute atomic E-state index is 0.00564. The van der Waals surface area contributed by atoms with Gasteiger partial charge in [0.15, 0.2) is 0 Å². The monoisotopic (exact) mass is 690 g/mol. The largest absolute Gasteiger partial charge is 0.530 e. The Morgan fingerprint density at radius 3 is 1.50 bits per heavy atom. The second-order valence-corrected chi connectivity index (χ2v) is 20.1. The van der Waals surface area contributed by atoms with Gasteiger partial charge in [-0.1, -0.05) is 158 Å². The molecular formula is C46H59O3P. The summed E-state index contributed by atoms with van der Waals surface area (Å²) in [4.78, 5) is 0. The van der Waals surface area contributed by atoms with E-state index in [4.69, 9.17) is 13.6 Å². The van der Waals surface area contributed by atoms with Gasteiger partial charge >= 0.3 is 8.60 Å². The van der Waals surface area contributed by atoms with Gasteiger partial charge in [0.05, 0.1) is 0 Å². The molecule has 0 fully saturated rings. The van der Waals surface area contributed by atoms with Crippen LogP contribution in [0.25, 0.3) is 21.5 Å². The molecule has 0 saturated heterocycles. The van der Waals surface area contributed by atoms with Crippen LogP contribution in [0.15, 0.2) is 84.9 Å². The van der Waals surface area contributed by atoms with Gasteiger partial charge < -0.3 is 13.6 Å². The highest BCUT2D eigenvalue weighted by molar-refractivity contribution is 7.43. The molecule has 5 rings (SSSR count). The zero-order chi connectivity index (χ0) is 37.0. The summed E-state index contributed by atoms with van der Waals surface area (Å²) in [6, 6.07) is 30.4. The molecule has 4 heteroatoms. The number of fused-ring (bicyclic) bond motifs is 2. The highest BCUT2D eigenvalue weighted by atomic mass is 31.2. The molecular weight excluding hydrogens is 631 g/mol. The molecule has 0 amide bonds. The zero-order valence-corrected chi connectivity index (χ0v) is 34.1. The van der Waals surface area contributed by atoms with E-state index in [-0.39, 0.29) is 27.1 Å². The lowest BCUT2D eigenvalue weighted by molar-refractivity contribution is 0.377. The Bertz CT molecular complexity index is 2000. The summed E-state index contributed by atoms with van der Waals surface area (Å²) >= 11 is 0. The molecule has 0 heterocycles.